The molecule has 1 saturated heterocycles. The van der Waals surface area contributed by atoms with Gasteiger partial charge in [-0.2, -0.15) is 0 Å². The minimum atomic E-state index is -0.904. The van der Waals surface area contributed by atoms with Crippen LogP contribution in [0, 0.1) is 12.3 Å². The molecule has 0 saturated carbocycles. The molecule has 0 spiro atoms. The van der Waals surface area contributed by atoms with E-state index in [0.29, 0.717) is 27.8 Å². The van der Waals surface area contributed by atoms with Crippen LogP contribution in [0.3, 0.4) is 0 Å². The van der Waals surface area contributed by atoms with E-state index in [9.17, 15) is 9.59 Å². The molecule has 3 aromatic rings. The zero-order chi connectivity index (χ0) is 24.8. The highest BCUT2D eigenvalue weighted by Crippen LogP contribution is 2.28. The van der Waals surface area contributed by atoms with E-state index in [0.717, 1.165) is 37.1 Å². The summed E-state index contributed by atoms with van der Waals surface area (Å²) in [4.78, 5) is 28.0. The Morgan fingerprint density at radius 2 is 1.66 bits per heavy atom. The monoisotopic (exact) mass is 489 g/mol. The van der Waals surface area contributed by atoms with E-state index in [1.165, 1.54) is 0 Å². The van der Waals surface area contributed by atoms with Crippen molar-refractivity contribution in [1.82, 2.24) is 5.32 Å². The average Bonchev–Trinajstić information content (AvgIpc) is 2.85. The number of halogens is 1. The van der Waals surface area contributed by atoms with Gasteiger partial charge in [-0.1, -0.05) is 41.9 Å². The number of piperidine rings is 1. The van der Waals surface area contributed by atoms with Gasteiger partial charge in [0.25, 0.3) is 5.91 Å². The van der Waals surface area contributed by atoms with E-state index in [4.69, 9.17) is 17.0 Å². The number of urea groups is 1. The standard InChI is InChI=1S/C27H28ClN5O2/c1-18-17-22(14-15-23(18)33-16-6-5-9-24(33)29)30-26(34)25(19-7-3-2-4-8-19)32-27(35)31-21-12-10-20(28)11-13-21/h2-4,7-8,10-15,17,25,29H,5-6,9,16H2,1H3,(H,30,34)(H2,31,32,35)/t25-/m1/s1. The second kappa shape index (κ2) is 11.1. The first-order valence-corrected chi connectivity index (χ1v) is 11.9. The summed E-state index contributed by atoms with van der Waals surface area (Å²) in [6.07, 6.45) is 2.88. The Morgan fingerprint density at radius 1 is 0.943 bits per heavy atom. The van der Waals surface area contributed by atoms with Crippen LogP contribution in [-0.4, -0.2) is 24.3 Å². The Labute approximate surface area is 210 Å². The summed E-state index contributed by atoms with van der Waals surface area (Å²) in [6, 6.07) is 20.1. The second-order valence-electron chi connectivity index (χ2n) is 8.50. The van der Waals surface area contributed by atoms with Gasteiger partial charge in [0.15, 0.2) is 0 Å². The number of amides is 3. The van der Waals surface area contributed by atoms with Crippen molar-refractivity contribution in [1.29, 1.82) is 5.41 Å². The lowest BCUT2D eigenvalue weighted by Crippen LogP contribution is -2.39. The summed E-state index contributed by atoms with van der Waals surface area (Å²) in [5, 5.41) is 17.3. The first-order valence-electron chi connectivity index (χ1n) is 11.6. The molecule has 35 heavy (non-hydrogen) atoms. The van der Waals surface area contributed by atoms with Crippen molar-refractivity contribution in [2.75, 3.05) is 22.1 Å². The minimum Gasteiger partial charge on any atom is -0.330 e. The van der Waals surface area contributed by atoms with Crippen LogP contribution in [0.15, 0.2) is 72.8 Å². The van der Waals surface area contributed by atoms with Crippen molar-refractivity contribution in [3.8, 4) is 0 Å². The van der Waals surface area contributed by atoms with Crippen LogP contribution in [-0.2, 0) is 4.79 Å². The SMILES string of the molecule is Cc1cc(NC(=O)[C@H](NC(=O)Nc2ccc(Cl)cc2)c2ccccc2)ccc1N1CCCCC1=N. The number of anilines is 3. The van der Waals surface area contributed by atoms with Crippen LogP contribution in [0.5, 0.6) is 0 Å². The van der Waals surface area contributed by atoms with Crippen LogP contribution in [0.2, 0.25) is 5.02 Å². The molecule has 7 nitrogen and oxygen atoms in total. The molecule has 0 unspecified atom stereocenters. The number of benzene rings is 3. The van der Waals surface area contributed by atoms with E-state index in [2.05, 4.69) is 16.0 Å². The molecule has 180 valence electrons. The van der Waals surface area contributed by atoms with Crippen molar-refractivity contribution >= 4 is 46.4 Å². The van der Waals surface area contributed by atoms with Crippen LogP contribution >= 0.6 is 11.6 Å². The first kappa shape index (κ1) is 24.3. The topological polar surface area (TPSA) is 97.3 Å². The summed E-state index contributed by atoms with van der Waals surface area (Å²) in [6.45, 7) is 2.80. The predicted molar refractivity (Wildman–Crippen MR) is 142 cm³/mol. The molecule has 3 aromatic carbocycles. The molecular weight excluding hydrogens is 462 g/mol. The van der Waals surface area contributed by atoms with Gasteiger partial charge in [-0.3, -0.25) is 10.2 Å². The van der Waals surface area contributed by atoms with Crippen LogP contribution in [0.4, 0.5) is 21.9 Å². The molecule has 1 atom stereocenters. The maximum absolute atomic E-state index is 13.3. The molecule has 0 aliphatic carbocycles. The van der Waals surface area contributed by atoms with Crippen molar-refractivity contribution in [3.05, 3.63) is 88.9 Å². The number of hydrogen-bond acceptors (Lipinski definition) is 3. The van der Waals surface area contributed by atoms with Gasteiger partial charge in [0.05, 0.1) is 0 Å². The zero-order valence-corrected chi connectivity index (χ0v) is 20.2. The fourth-order valence-corrected chi connectivity index (χ4v) is 4.25. The largest absolute Gasteiger partial charge is 0.330 e. The summed E-state index contributed by atoms with van der Waals surface area (Å²) in [5.41, 5.74) is 3.80. The number of aryl methyl sites for hydroxylation is 1. The first-order chi connectivity index (χ1) is 16.9. The molecule has 8 heteroatoms. The summed E-state index contributed by atoms with van der Waals surface area (Å²) < 4.78 is 0. The lowest BCUT2D eigenvalue weighted by Gasteiger charge is -2.30. The second-order valence-corrected chi connectivity index (χ2v) is 8.93. The summed E-state index contributed by atoms with van der Waals surface area (Å²) in [5.74, 6) is 0.261. The van der Waals surface area contributed by atoms with E-state index in [1.54, 1.807) is 36.4 Å². The van der Waals surface area contributed by atoms with Crippen LogP contribution < -0.4 is 20.9 Å². The third-order valence-corrected chi connectivity index (χ3v) is 6.15. The highest BCUT2D eigenvalue weighted by Gasteiger charge is 2.24. The molecule has 1 aliphatic heterocycles. The van der Waals surface area contributed by atoms with Crippen molar-refractivity contribution < 1.29 is 9.59 Å². The van der Waals surface area contributed by atoms with Crippen molar-refractivity contribution in [2.45, 2.75) is 32.2 Å². The number of nitrogens with one attached hydrogen (secondary N) is 4. The molecule has 0 aromatic heterocycles. The smallest absolute Gasteiger partial charge is 0.320 e. The highest BCUT2D eigenvalue weighted by molar-refractivity contribution is 6.30. The van der Waals surface area contributed by atoms with Gasteiger partial charge in [0, 0.05) is 35.1 Å². The van der Waals surface area contributed by atoms with E-state index in [1.807, 2.05) is 48.2 Å². The molecule has 3 amide bonds. The van der Waals surface area contributed by atoms with Gasteiger partial charge in [-0.15, -0.1) is 0 Å². The Kier molecular flexibility index (Phi) is 7.67. The third kappa shape index (κ3) is 6.19. The van der Waals surface area contributed by atoms with Gasteiger partial charge in [0.2, 0.25) is 0 Å². The van der Waals surface area contributed by atoms with E-state index in [-0.39, 0.29) is 5.91 Å². The number of hydrogen-bond donors (Lipinski definition) is 4. The molecule has 1 aliphatic rings. The maximum atomic E-state index is 13.3. The molecule has 0 radical (unpaired) electrons. The Bertz CT molecular complexity index is 1210. The molecule has 1 heterocycles. The predicted octanol–water partition coefficient (Wildman–Crippen LogP) is 6.12. The van der Waals surface area contributed by atoms with Gasteiger partial charge in [0.1, 0.15) is 11.9 Å². The van der Waals surface area contributed by atoms with Crippen LogP contribution in [0.25, 0.3) is 0 Å². The number of carbonyl (C=O) groups is 2. The molecule has 4 N–H and O–H groups in total. The lowest BCUT2D eigenvalue weighted by atomic mass is 10.0. The van der Waals surface area contributed by atoms with E-state index >= 15 is 0 Å². The molecule has 0 bridgehead atoms. The molecule has 4 rings (SSSR count). The third-order valence-electron chi connectivity index (χ3n) is 5.90. The van der Waals surface area contributed by atoms with Crippen molar-refractivity contribution in [3.63, 3.8) is 0 Å². The Balaban J connectivity index is 1.49. The van der Waals surface area contributed by atoms with Gasteiger partial charge < -0.3 is 20.9 Å². The summed E-state index contributed by atoms with van der Waals surface area (Å²) >= 11 is 5.91. The lowest BCUT2D eigenvalue weighted by molar-refractivity contribution is -0.118. The molecule has 1 fully saturated rings. The Morgan fingerprint density at radius 3 is 2.34 bits per heavy atom. The van der Waals surface area contributed by atoms with Gasteiger partial charge >= 0.3 is 6.03 Å². The fraction of sp³-hybridized carbons (Fsp3) is 0.222. The van der Waals surface area contributed by atoms with Crippen LogP contribution in [0.1, 0.15) is 36.4 Å². The zero-order valence-electron chi connectivity index (χ0n) is 19.5. The van der Waals surface area contributed by atoms with Crippen molar-refractivity contribution in [2.24, 2.45) is 0 Å². The highest BCUT2D eigenvalue weighted by atomic mass is 35.5. The normalized spacial score (nSPS) is 14.2. The quantitative estimate of drug-likeness (QED) is 0.336. The van der Waals surface area contributed by atoms with E-state index < -0.39 is 12.1 Å². The Hall–Kier alpha value is -3.84. The molecular formula is C27H28ClN5O2. The average molecular weight is 490 g/mol. The maximum Gasteiger partial charge on any atom is 0.320 e. The fourth-order valence-electron chi connectivity index (χ4n) is 4.13. The number of amidine groups is 1. The number of nitrogens with zero attached hydrogens (tertiary/aromatic N) is 1. The summed E-state index contributed by atoms with van der Waals surface area (Å²) in [7, 11) is 0. The minimum absolute atomic E-state index is 0.361. The van der Waals surface area contributed by atoms with Gasteiger partial charge in [-0.05, 0) is 73.4 Å². The number of carbonyl (C=O) groups excluding carboxylic acids is 2. The number of rotatable bonds is 6. The van der Waals surface area contributed by atoms with Gasteiger partial charge in [-0.25, -0.2) is 4.79 Å².